The van der Waals surface area contributed by atoms with Crippen LogP contribution in [0.5, 0.6) is 0 Å². The Morgan fingerprint density at radius 3 is 2.39 bits per heavy atom. The summed E-state index contributed by atoms with van der Waals surface area (Å²) < 4.78 is 0. The molecule has 1 heterocycles. The van der Waals surface area contributed by atoms with E-state index in [1.165, 1.54) is 11.3 Å². The number of carboxylic acid groups (broad SMARTS) is 1. The fraction of sp³-hybridized carbons (Fsp3) is 0.286. The number of aliphatic carboxylic acids is 1. The number of thiophene rings is 1. The molecule has 28 heavy (non-hydrogen) atoms. The Balaban J connectivity index is 1.92. The zero-order valence-electron chi connectivity index (χ0n) is 15.7. The lowest BCUT2D eigenvalue weighted by Gasteiger charge is -2.24. The maximum Gasteiger partial charge on any atom is 0.307 e. The second-order valence-electron chi connectivity index (χ2n) is 7.00. The number of benzene rings is 1. The second-order valence-corrected chi connectivity index (χ2v) is 7.88. The maximum atomic E-state index is 12.7. The average Bonchev–Trinajstić information content (AvgIpc) is 3.07. The predicted octanol–water partition coefficient (Wildman–Crippen LogP) is 3.74. The molecule has 2 aromatic rings. The first kappa shape index (κ1) is 19.8. The zero-order chi connectivity index (χ0) is 20.4. The first-order chi connectivity index (χ1) is 13.3. The summed E-state index contributed by atoms with van der Waals surface area (Å²) in [7, 11) is 0. The molecule has 2 atom stereocenters. The van der Waals surface area contributed by atoms with Gasteiger partial charge in [0.05, 0.1) is 17.4 Å². The minimum Gasteiger partial charge on any atom is -0.481 e. The van der Waals surface area contributed by atoms with Crippen molar-refractivity contribution in [3.8, 4) is 11.1 Å². The number of aryl methyl sites for hydroxylation is 2. The van der Waals surface area contributed by atoms with Crippen molar-refractivity contribution in [1.82, 2.24) is 0 Å². The number of carboxylic acids is 1. The molecule has 2 amide bonds. The number of rotatable bonds is 5. The summed E-state index contributed by atoms with van der Waals surface area (Å²) in [6.07, 6.45) is 4.26. The molecule has 0 aliphatic heterocycles. The molecule has 1 aliphatic carbocycles. The first-order valence-corrected chi connectivity index (χ1v) is 9.85. The molecule has 0 saturated carbocycles. The summed E-state index contributed by atoms with van der Waals surface area (Å²) in [6.45, 7) is 3.99. The number of hydrogen-bond donors (Lipinski definition) is 3. The van der Waals surface area contributed by atoms with E-state index in [-0.39, 0.29) is 5.56 Å². The fourth-order valence-corrected chi connectivity index (χ4v) is 4.37. The number of allylic oxidation sites excluding steroid dienone is 2. The van der Waals surface area contributed by atoms with E-state index >= 15 is 0 Å². The normalized spacial score (nSPS) is 18.6. The van der Waals surface area contributed by atoms with Crippen LogP contribution in [-0.2, 0) is 9.59 Å². The molecule has 146 valence electrons. The number of nitrogens with two attached hydrogens (primary N) is 1. The van der Waals surface area contributed by atoms with Crippen LogP contribution in [0, 0.1) is 25.7 Å². The molecule has 0 bridgehead atoms. The maximum absolute atomic E-state index is 12.7. The molecule has 1 aromatic heterocycles. The van der Waals surface area contributed by atoms with Crippen molar-refractivity contribution in [2.75, 3.05) is 5.32 Å². The summed E-state index contributed by atoms with van der Waals surface area (Å²) in [6, 6.07) is 5.85. The van der Waals surface area contributed by atoms with Gasteiger partial charge in [-0.2, -0.15) is 0 Å². The number of primary amides is 1. The Hall–Kier alpha value is -2.93. The van der Waals surface area contributed by atoms with E-state index in [9.17, 15) is 19.5 Å². The largest absolute Gasteiger partial charge is 0.481 e. The minimum atomic E-state index is -0.998. The van der Waals surface area contributed by atoms with Gasteiger partial charge in [-0.3, -0.25) is 14.4 Å². The molecule has 0 saturated heterocycles. The minimum absolute atomic E-state index is 0.250. The van der Waals surface area contributed by atoms with E-state index in [1.807, 2.05) is 38.1 Å². The fourth-order valence-electron chi connectivity index (χ4n) is 3.40. The number of carbonyl (C=O) groups is 3. The van der Waals surface area contributed by atoms with Gasteiger partial charge in [0.15, 0.2) is 0 Å². The van der Waals surface area contributed by atoms with Crippen molar-refractivity contribution in [2.24, 2.45) is 17.6 Å². The van der Waals surface area contributed by atoms with Crippen LogP contribution in [0.15, 0.2) is 35.7 Å². The van der Waals surface area contributed by atoms with Gasteiger partial charge in [-0.15, -0.1) is 11.3 Å². The Kier molecular flexibility index (Phi) is 5.65. The third-order valence-corrected chi connectivity index (χ3v) is 6.07. The van der Waals surface area contributed by atoms with E-state index < -0.39 is 29.6 Å². The van der Waals surface area contributed by atoms with Gasteiger partial charge in [0.1, 0.15) is 5.00 Å². The first-order valence-electron chi connectivity index (χ1n) is 8.97. The van der Waals surface area contributed by atoms with Crippen LogP contribution < -0.4 is 11.1 Å². The van der Waals surface area contributed by atoms with Crippen molar-refractivity contribution in [3.05, 3.63) is 52.4 Å². The molecule has 1 aliphatic rings. The quantitative estimate of drug-likeness (QED) is 0.667. The van der Waals surface area contributed by atoms with Crippen molar-refractivity contribution in [3.63, 3.8) is 0 Å². The lowest BCUT2D eigenvalue weighted by molar-refractivity contribution is -0.146. The van der Waals surface area contributed by atoms with E-state index in [4.69, 9.17) is 5.73 Å². The monoisotopic (exact) mass is 398 g/mol. The highest BCUT2D eigenvalue weighted by Crippen LogP contribution is 2.37. The predicted molar refractivity (Wildman–Crippen MR) is 109 cm³/mol. The Labute approximate surface area is 167 Å². The van der Waals surface area contributed by atoms with Gasteiger partial charge in [0.25, 0.3) is 5.91 Å². The van der Waals surface area contributed by atoms with Gasteiger partial charge in [0, 0.05) is 10.9 Å². The number of nitrogens with one attached hydrogen (secondary N) is 1. The summed E-state index contributed by atoms with van der Waals surface area (Å²) in [5.74, 6) is -3.51. The molecule has 1 aromatic carbocycles. The summed E-state index contributed by atoms with van der Waals surface area (Å²) in [4.78, 5) is 36.3. The smallest absolute Gasteiger partial charge is 0.307 e. The van der Waals surface area contributed by atoms with E-state index in [0.29, 0.717) is 23.4 Å². The Bertz CT molecular complexity index is 977. The van der Waals surface area contributed by atoms with Crippen molar-refractivity contribution in [1.29, 1.82) is 0 Å². The van der Waals surface area contributed by atoms with Crippen LogP contribution in [0.3, 0.4) is 0 Å². The highest BCUT2D eigenvalue weighted by molar-refractivity contribution is 7.15. The highest BCUT2D eigenvalue weighted by atomic mass is 32.1. The number of anilines is 1. The standard InChI is InChI=1S/C21H22N2O4S/c1-11-7-8-13(9-12(11)2)16-10-28-20(17(16)18(22)24)23-19(25)14-5-3-4-6-15(14)21(26)27/h3-4,7-10,14-15H,5-6H2,1-2H3,(H2,22,24)(H,23,25)(H,26,27)/t14-,15-/m1/s1. The lowest BCUT2D eigenvalue weighted by Crippen LogP contribution is -2.35. The Morgan fingerprint density at radius 1 is 1.11 bits per heavy atom. The van der Waals surface area contributed by atoms with Crippen molar-refractivity contribution in [2.45, 2.75) is 26.7 Å². The molecular weight excluding hydrogens is 376 g/mol. The SMILES string of the molecule is Cc1ccc(-c2csc(NC(=O)[C@@H]3CC=CC[C@H]3C(=O)O)c2C(N)=O)cc1C. The van der Waals surface area contributed by atoms with Gasteiger partial charge in [-0.25, -0.2) is 0 Å². The highest BCUT2D eigenvalue weighted by Gasteiger charge is 2.34. The Morgan fingerprint density at radius 2 is 1.79 bits per heavy atom. The van der Waals surface area contributed by atoms with Gasteiger partial charge >= 0.3 is 5.97 Å². The van der Waals surface area contributed by atoms with Crippen LogP contribution in [-0.4, -0.2) is 22.9 Å². The second kappa shape index (κ2) is 7.98. The topological polar surface area (TPSA) is 109 Å². The molecule has 4 N–H and O–H groups in total. The average molecular weight is 398 g/mol. The van der Waals surface area contributed by atoms with Crippen LogP contribution in [0.1, 0.15) is 34.3 Å². The molecule has 3 rings (SSSR count). The van der Waals surface area contributed by atoms with Gasteiger partial charge < -0.3 is 16.2 Å². The summed E-state index contributed by atoms with van der Waals surface area (Å²) in [5.41, 5.74) is 9.59. The van der Waals surface area contributed by atoms with E-state index in [1.54, 1.807) is 11.5 Å². The van der Waals surface area contributed by atoms with Crippen molar-refractivity contribution < 1.29 is 19.5 Å². The third kappa shape index (κ3) is 3.84. The van der Waals surface area contributed by atoms with Gasteiger partial charge in [0.2, 0.25) is 5.91 Å². The van der Waals surface area contributed by atoms with Crippen molar-refractivity contribution >= 4 is 34.1 Å². The van der Waals surface area contributed by atoms with E-state index in [2.05, 4.69) is 5.32 Å². The lowest BCUT2D eigenvalue weighted by atomic mass is 9.82. The number of carbonyl (C=O) groups excluding carboxylic acids is 2. The zero-order valence-corrected chi connectivity index (χ0v) is 16.5. The van der Waals surface area contributed by atoms with Crippen LogP contribution in [0.25, 0.3) is 11.1 Å². The molecular formula is C21H22N2O4S. The van der Waals surface area contributed by atoms with Crippen LogP contribution >= 0.6 is 11.3 Å². The molecule has 7 heteroatoms. The van der Waals surface area contributed by atoms with Gasteiger partial charge in [-0.05, 0) is 43.4 Å². The molecule has 0 radical (unpaired) electrons. The molecule has 6 nitrogen and oxygen atoms in total. The summed E-state index contributed by atoms with van der Waals surface area (Å²) in [5, 5.41) is 14.3. The molecule has 0 unspecified atom stereocenters. The van der Waals surface area contributed by atoms with Crippen LogP contribution in [0.2, 0.25) is 0 Å². The number of amides is 2. The number of hydrogen-bond acceptors (Lipinski definition) is 4. The third-order valence-electron chi connectivity index (χ3n) is 5.18. The van der Waals surface area contributed by atoms with E-state index in [0.717, 1.165) is 16.7 Å². The van der Waals surface area contributed by atoms with Crippen LogP contribution in [0.4, 0.5) is 5.00 Å². The molecule has 0 fully saturated rings. The summed E-state index contributed by atoms with van der Waals surface area (Å²) >= 11 is 1.21. The molecule has 0 spiro atoms. The van der Waals surface area contributed by atoms with Gasteiger partial charge in [-0.1, -0.05) is 30.4 Å².